The van der Waals surface area contributed by atoms with Crippen molar-refractivity contribution in [1.82, 2.24) is 15.5 Å². The summed E-state index contributed by atoms with van der Waals surface area (Å²) in [4.78, 5) is 62.6. The summed E-state index contributed by atoms with van der Waals surface area (Å²) in [7, 11) is -3.85. The SMILES string of the molecule is CCC(=O)N(CCP(=O)(O)CCC(O)N[C@H](C(=O)NC(C)(CCCCN)C(=O)Nc1cc2c(c3ccccc13)CCN2)C(C)C)C(=O)S. The quantitative estimate of drug-likeness (QED) is 0.0490. The van der Waals surface area contributed by atoms with Crippen molar-refractivity contribution in [2.75, 3.05) is 42.6 Å². The van der Waals surface area contributed by atoms with E-state index in [0.717, 1.165) is 34.3 Å². The molecule has 266 valence electrons. The standard InChI is InChI=1S/C33H51N6O7PS/c1-5-28(41)39(32(44)48)17-19-47(45,46)18-13-27(40)37-29(21(2)3)30(42)38-33(4,14-8-9-15-34)31(43)36-26-20-25-24(12-16-35-25)22-10-6-7-11-23(22)26/h6-7,10-11,20-21,27,29,35,37,40H,5,8-9,12-19,34H2,1-4H3,(H,36,43)(H,38,42)(H,44,48)(H,45,46)/t27?,29-,33?/m0/s1. The van der Waals surface area contributed by atoms with E-state index in [1.807, 2.05) is 30.3 Å². The van der Waals surface area contributed by atoms with Crippen LogP contribution >= 0.6 is 20.0 Å². The van der Waals surface area contributed by atoms with Crippen molar-refractivity contribution in [2.45, 2.75) is 84.0 Å². The number of nitrogens with one attached hydrogen (secondary N) is 4. The van der Waals surface area contributed by atoms with Crippen LogP contribution in [0.25, 0.3) is 10.8 Å². The van der Waals surface area contributed by atoms with Gasteiger partial charge in [-0.15, -0.1) is 0 Å². The Morgan fingerprint density at radius 3 is 2.46 bits per heavy atom. The second-order valence-electron chi connectivity index (χ2n) is 12.9. The van der Waals surface area contributed by atoms with Gasteiger partial charge in [-0.1, -0.05) is 57.7 Å². The number of thiol groups is 1. The van der Waals surface area contributed by atoms with Crippen LogP contribution in [-0.2, 0) is 25.4 Å². The fourth-order valence-corrected chi connectivity index (χ4v) is 7.42. The average Bonchev–Trinajstić information content (AvgIpc) is 3.51. The van der Waals surface area contributed by atoms with Crippen LogP contribution in [-0.4, -0.2) is 87.6 Å². The van der Waals surface area contributed by atoms with Gasteiger partial charge in [0.15, 0.2) is 0 Å². The number of rotatable bonds is 18. The van der Waals surface area contributed by atoms with Crippen LogP contribution in [0.3, 0.4) is 0 Å². The normalized spacial score (nSPS) is 16.3. The molecule has 0 spiro atoms. The van der Waals surface area contributed by atoms with Gasteiger partial charge in [0.05, 0.1) is 11.7 Å². The molecule has 3 rings (SSSR count). The molecule has 1 aliphatic rings. The van der Waals surface area contributed by atoms with Gasteiger partial charge in [0, 0.05) is 42.9 Å². The Balaban J connectivity index is 1.71. The molecule has 0 bridgehead atoms. The molecule has 0 saturated heterocycles. The van der Waals surface area contributed by atoms with E-state index in [2.05, 4.69) is 33.9 Å². The molecule has 0 aromatic heterocycles. The second kappa shape index (κ2) is 17.6. The Hall–Kier alpha value is -3.00. The number of hydrogen-bond donors (Lipinski definition) is 8. The monoisotopic (exact) mass is 706 g/mol. The largest absolute Gasteiger partial charge is 0.384 e. The van der Waals surface area contributed by atoms with E-state index in [1.165, 1.54) is 5.56 Å². The lowest BCUT2D eigenvalue weighted by molar-refractivity contribution is -0.132. The Bertz CT molecular complexity index is 1520. The number of aliphatic hydroxyl groups excluding tert-OH is 1. The molecule has 2 aromatic carbocycles. The van der Waals surface area contributed by atoms with Gasteiger partial charge < -0.3 is 31.7 Å². The molecule has 48 heavy (non-hydrogen) atoms. The molecule has 0 radical (unpaired) electrons. The first kappa shape index (κ1) is 39.4. The number of benzene rings is 2. The number of aliphatic hydroxyl groups is 1. The molecule has 0 fully saturated rings. The Morgan fingerprint density at radius 1 is 1.15 bits per heavy atom. The summed E-state index contributed by atoms with van der Waals surface area (Å²) in [6.45, 7) is 7.77. The number of anilines is 2. The maximum atomic E-state index is 14.0. The van der Waals surface area contributed by atoms with E-state index in [0.29, 0.717) is 31.5 Å². The van der Waals surface area contributed by atoms with Crippen molar-refractivity contribution in [3.63, 3.8) is 0 Å². The predicted molar refractivity (Wildman–Crippen MR) is 193 cm³/mol. The van der Waals surface area contributed by atoms with Crippen LogP contribution in [0.4, 0.5) is 16.2 Å². The second-order valence-corrected chi connectivity index (χ2v) is 15.8. The average molecular weight is 707 g/mol. The molecule has 4 amide bonds. The zero-order valence-corrected chi connectivity index (χ0v) is 30.0. The molecular weight excluding hydrogens is 655 g/mol. The lowest BCUT2D eigenvalue weighted by atomic mass is 9.91. The number of carbonyl (C=O) groups is 4. The number of imide groups is 1. The number of nitrogens with zero attached hydrogens (tertiary/aromatic N) is 1. The fraction of sp³-hybridized carbons (Fsp3) is 0.576. The Morgan fingerprint density at radius 2 is 1.83 bits per heavy atom. The van der Waals surface area contributed by atoms with Gasteiger partial charge >= 0.3 is 0 Å². The highest BCUT2D eigenvalue weighted by Gasteiger charge is 2.38. The number of nitrogens with two attached hydrogens (primary N) is 1. The molecule has 4 atom stereocenters. The van der Waals surface area contributed by atoms with E-state index in [1.54, 1.807) is 27.7 Å². The zero-order chi connectivity index (χ0) is 35.6. The third-order valence-electron chi connectivity index (χ3n) is 8.71. The molecule has 0 saturated carbocycles. The topological polar surface area (TPSA) is 203 Å². The van der Waals surface area contributed by atoms with Gasteiger partial charge in [-0.2, -0.15) is 0 Å². The van der Waals surface area contributed by atoms with Crippen LogP contribution < -0.4 is 27.0 Å². The van der Waals surface area contributed by atoms with E-state index in [9.17, 15) is 33.7 Å². The highest BCUT2D eigenvalue weighted by molar-refractivity contribution is 7.96. The first-order valence-electron chi connectivity index (χ1n) is 16.5. The number of fused-ring (bicyclic) bond motifs is 3. The van der Waals surface area contributed by atoms with Crippen molar-refractivity contribution < 1.29 is 33.7 Å². The molecule has 15 heteroatoms. The summed E-state index contributed by atoms with van der Waals surface area (Å²) < 4.78 is 12.8. The third-order valence-corrected chi connectivity index (χ3v) is 10.8. The number of unbranched alkanes of at least 4 members (excludes halogenated alkanes) is 1. The van der Waals surface area contributed by atoms with Crippen molar-refractivity contribution >= 4 is 65.1 Å². The van der Waals surface area contributed by atoms with Gasteiger partial charge in [-0.25, -0.2) is 0 Å². The Kier molecular flexibility index (Phi) is 14.5. The molecule has 8 N–H and O–H groups in total. The highest BCUT2D eigenvalue weighted by Crippen LogP contribution is 2.41. The first-order valence-corrected chi connectivity index (χ1v) is 19.0. The van der Waals surface area contributed by atoms with Crippen LogP contribution in [0.5, 0.6) is 0 Å². The number of carbonyl (C=O) groups excluding carboxylic acids is 4. The molecule has 1 aliphatic heterocycles. The summed E-state index contributed by atoms with van der Waals surface area (Å²) >= 11 is 3.67. The molecule has 0 aliphatic carbocycles. The van der Waals surface area contributed by atoms with Crippen molar-refractivity contribution in [3.05, 3.63) is 35.9 Å². The van der Waals surface area contributed by atoms with E-state index in [-0.39, 0.29) is 37.6 Å². The van der Waals surface area contributed by atoms with Crippen molar-refractivity contribution in [1.29, 1.82) is 0 Å². The maximum absolute atomic E-state index is 14.0. The van der Waals surface area contributed by atoms with E-state index >= 15 is 0 Å². The maximum Gasteiger partial charge on any atom is 0.285 e. The molecule has 13 nitrogen and oxygen atoms in total. The van der Waals surface area contributed by atoms with Crippen LogP contribution in [0.15, 0.2) is 30.3 Å². The molecule has 3 unspecified atom stereocenters. The first-order chi connectivity index (χ1) is 22.6. The lowest BCUT2D eigenvalue weighted by Gasteiger charge is -2.33. The summed E-state index contributed by atoms with van der Waals surface area (Å²) in [6, 6.07) is 8.86. The minimum atomic E-state index is -3.85. The summed E-state index contributed by atoms with van der Waals surface area (Å²) in [6.07, 6.45) is 0.321. The molecular formula is C33H51N6O7PS. The Labute approximate surface area is 288 Å². The zero-order valence-electron chi connectivity index (χ0n) is 28.3. The fourth-order valence-electron chi connectivity index (χ4n) is 5.83. The summed E-state index contributed by atoms with van der Waals surface area (Å²) in [5.41, 5.74) is 7.20. The third kappa shape index (κ3) is 10.5. The van der Waals surface area contributed by atoms with Gasteiger partial charge in [0.1, 0.15) is 11.8 Å². The highest BCUT2D eigenvalue weighted by atomic mass is 32.1. The van der Waals surface area contributed by atoms with Gasteiger partial charge in [0.2, 0.25) is 25.1 Å². The lowest BCUT2D eigenvalue weighted by Crippen LogP contribution is -2.60. The van der Waals surface area contributed by atoms with Crippen LogP contribution in [0, 0.1) is 5.92 Å². The van der Waals surface area contributed by atoms with E-state index < -0.39 is 48.1 Å². The van der Waals surface area contributed by atoms with Crippen LogP contribution in [0.1, 0.15) is 65.4 Å². The van der Waals surface area contributed by atoms with Crippen molar-refractivity contribution in [2.24, 2.45) is 11.7 Å². The summed E-state index contributed by atoms with van der Waals surface area (Å²) in [5, 5.41) is 24.1. The number of hydrogen-bond acceptors (Lipinski definition) is 9. The van der Waals surface area contributed by atoms with Gasteiger partial charge in [0.25, 0.3) is 5.24 Å². The van der Waals surface area contributed by atoms with E-state index in [4.69, 9.17) is 5.73 Å². The predicted octanol–water partition coefficient (Wildman–Crippen LogP) is 3.63. The molecule has 2 aromatic rings. The van der Waals surface area contributed by atoms with Crippen molar-refractivity contribution in [3.8, 4) is 0 Å². The molecule has 1 heterocycles. The minimum Gasteiger partial charge on any atom is -0.384 e. The smallest absolute Gasteiger partial charge is 0.285 e. The minimum absolute atomic E-state index is 0.0411. The van der Waals surface area contributed by atoms with Gasteiger partial charge in [-0.3, -0.25) is 34.0 Å². The van der Waals surface area contributed by atoms with Gasteiger partial charge in [-0.05, 0) is 68.5 Å². The summed E-state index contributed by atoms with van der Waals surface area (Å²) in [5.74, 6) is -1.74. The number of amides is 4. The van der Waals surface area contributed by atoms with Crippen LogP contribution in [0.2, 0.25) is 0 Å².